The second-order valence-electron chi connectivity index (χ2n) is 10.0. The van der Waals surface area contributed by atoms with Crippen LogP contribution < -0.4 is 0 Å². The van der Waals surface area contributed by atoms with Crippen LogP contribution in [0.25, 0.3) is 0 Å². The highest BCUT2D eigenvalue weighted by Crippen LogP contribution is 2.68. The average molecular weight is 433 g/mol. The first-order valence-corrected chi connectivity index (χ1v) is 15.7. The normalized spacial score (nSPS) is 27.4. The van der Waals surface area contributed by atoms with Crippen molar-refractivity contribution in [2.24, 2.45) is 0 Å². The van der Waals surface area contributed by atoms with Gasteiger partial charge in [-0.25, -0.2) is 8.42 Å². The summed E-state index contributed by atoms with van der Waals surface area (Å²) in [5.41, 5.74) is 5.13. The first-order valence-electron chi connectivity index (χ1n) is 10.7. The van der Waals surface area contributed by atoms with Gasteiger partial charge in [0.25, 0.3) is 0 Å². The fourth-order valence-electron chi connectivity index (χ4n) is 6.47. The van der Waals surface area contributed by atoms with E-state index in [4.69, 9.17) is 0 Å². The molecule has 0 fully saturated rings. The van der Waals surface area contributed by atoms with Gasteiger partial charge in [0.15, 0.2) is 9.84 Å². The Balaban J connectivity index is 1.90. The zero-order chi connectivity index (χ0) is 21.3. The van der Waals surface area contributed by atoms with E-state index in [2.05, 4.69) is 68.2 Å². The molecule has 4 heteroatoms. The number of hydrogen-bond donors (Lipinski definition) is 0. The summed E-state index contributed by atoms with van der Waals surface area (Å²) in [6, 6.07) is 26.2. The van der Waals surface area contributed by atoms with Crippen LogP contribution in [0.4, 0.5) is 0 Å². The minimum Gasteiger partial charge on any atom is -0.223 e. The van der Waals surface area contributed by atoms with Crippen molar-refractivity contribution < 1.29 is 8.42 Å². The molecule has 3 aromatic carbocycles. The van der Waals surface area contributed by atoms with E-state index in [9.17, 15) is 8.42 Å². The first-order chi connectivity index (χ1) is 14.2. The summed E-state index contributed by atoms with van der Waals surface area (Å²) in [6.07, 6.45) is 0. The van der Waals surface area contributed by atoms with E-state index in [0.29, 0.717) is 4.90 Å². The van der Waals surface area contributed by atoms with Crippen molar-refractivity contribution in [2.75, 3.05) is 0 Å². The Bertz CT molecular complexity index is 1180. The van der Waals surface area contributed by atoms with E-state index in [1.165, 1.54) is 22.3 Å². The van der Waals surface area contributed by atoms with Crippen LogP contribution in [0.2, 0.25) is 25.2 Å². The Kier molecular flexibility index (Phi) is 4.23. The molecule has 0 saturated heterocycles. The van der Waals surface area contributed by atoms with Crippen molar-refractivity contribution in [3.05, 3.63) is 101 Å². The van der Waals surface area contributed by atoms with Gasteiger partial charge in [0.05, 0.1) is 17.7 Å². The molecule has 6 rings (SSSR count). The Morgan fingerprint density at radius 3 is 1.60 bits per heavy atom. The van der Waals surface area contributed by atoms with Gasteiger partial charge in [-0.2, -0.15) is 0 Å². The highest BCUT2D eigenvalue weighted by atomic mass is 32.2. The van der Waals surface area contributed by atoms with Crippen molar-refractivity contribution in [3.63, 3.8) is 0 Å². The molecule has 0 heterocycles. The van der Waals surface area contributed by atoms with Crippen LogP contribution in [0.3, 0.4) is 0 Å². The smallest absolute Gasteiger partial charge is 0.184 e. The summed E-state index contributed by atoms with van der Waals surface area (Å²) in [4.78, 5) is 0.443. The number of hydrogen-bond acceptors (Lipinski definition) is 2. The Labute approximate surface area is 180 Å². The largest absolute Gasteiger partial charge is 0.223 e. The predicted molar refractivity (Wildman–Crippen MR) is 126 cm³/mol. The van der Waals surface area contributed by atoms with Gasteiger partial charge in [0.1, 0.15) is 0 Å². The van der Waals surface area contributed by atoms with E-state index in [-0.39, 0.29) is 17.4 Å². The van der Waals surface area contributed by atoms with Crippen LogP contribution in [0.15, 0.2) is 83.8 Å². The van der Waals surface area contributed by atoms with Crippen molar-refractivity contribution in [1.29, 1.82) is 0 Å². The standard InChI is InChI=1S/C26H28O2SSi/c1-26(29(27,28)18-12-6-5-7-13-18)24-21-16-10-8-14-19(21)23(25(26)30(2,3)4)20-15-9-11-17-22(20)24/h5-17,23-25H,1-4H3/t23?,24?,25-,26+/m0/s1. The highest BCUT2D eigenvalue weighted by Gasteiger charge is 2.65. The molecule has 30 heavy (non-hydrogen) atoms. The average Bonchev–Trinajstić information content (AvgIpc) is 2.73. The Morgan fingerprint density at radius 2 is 1.13 bits per heavy atom. The lowest BCUT2D eigenvalue weighted by Crippen LogP contribution is -2.60. The maximum atomic E-state index is 14.4. The van der Waals surface area contributed by atoms with Crippen molar-refractivity contribution >= 4 is 17.9 Å². The molecular formula is C26H28O2SSi. The molecule has 2 nitrogen and oxygen atoms in total. The molecule has 3 aliphatic rings. The third-order valence-corrected chi connectivity index (χ3v) is 12.9. The van der Waals surface area contributed by atoms with E-state index in [1.54, 1.807) is 12.1 Å². The third-order valence-electron chi connectivity index (χ3n) is 7.37. The van der Waals surface area contributed by atoms with Crippen molar-refractivity contribution in [3.8, 4) is 0 Å². The molecule has 0 amide bonds. The summed E-state index contributed by atoms with van der Waals surface area (Å²) in [5.74, 6) is -0.0330. The van der Waals surface area contributed by atoms with Crippen LogP contribution in [0.1, 0.15) is 41.0 Å². The van der Waals surface area contributed by atoms with Crippen LogP contribution in [0, 0.1) is 0 Å². The lowest BCUT2D eigenvalue weighted by atomic mass is 9.58. The minimum atomic E-state index is -3.58. The molecule has 0 saturated carbocycles. The second kappa shape index (κ2) is 6.41. The number of rotatable bonds is 3. The second-order valence-corrected chi connectivity index (χ2v) is 17.7. The van der Waals surface area contributed by atoms with E-state index in [0.717, 1.165) is 0 Å². The minimum absolute atomic E-state index is 0.0880. The maximum Gasteiger partial charge on any atom is 0.184 e. The molecule has 2 bridgehead atoms. The summed E-state index contributed by atoms with van der Waals surface area (Å²) in [6.45, 7) is 9.05. The molecule has 3 aromatic rings. The van der Waals surface area contributed by atoms with Gasteiger partial charge in [-0.3, -0.25) is 0 Å². The van der Waals surface area contributed by atoms with E-state index < -0.39 is 22.7 Å². The van der Waals surface area contributed by atoms with Crippen LogP contribution in [0.5, 0.6) is 0 Å². The van der Waals surface area contributed by atoms with Crippen LogP contribution >= 0.6 is 0 Å². The number of fused-ring (bicyclic) bond motifs is 1. The van der Waals surface area contributed by atoms with Crippen LogP contribution in [-0.4, -0.2) is 21.2 Å². The monoisotopic (exact) mass is 432 g/mol. The van der Waals surface area contributed by atoms with Crippen LogP contribution in [-0.2, 0) is 9.84 Å². The van der Waals surface area contributed by atoms with Gasteiger partial charge in [0, 0.05) is 11.8 Å². The maximum absolute atomic E-state index is 14.4. The van der Waals surface area contributed by atoms with E-state index in [1.807, 2.05) is 25.1 Å². The lowest BCUT2D eigenvalue weighted by Gasteiger charge is -2.59. The fraction of sp³-hybridized carbons (Fsp3) is 0.308. The number of sulfone groups is 1. The summed E-state index contributed by atoms with van der Waals surface area (Å²) < 4.78 is 27.9. The lowest BCUT2D eigenvalue weighted by molar-refractivity contribution is 0.386. The molecule has 154 valence electrons. The highest BCUT2D eigenvalue weighted by molar-refractivity contribution is 7.93. The summed E-state index contributed by atoms with van der Waals surface area (Å²) >= 11 is 0. The molecule has 2 atom stereocenters. The predicted octanol–water partition coefficient (Wildman–Crippen LogP) is 6.22. The van der Waals surface area contributed by atoms with Gasteiger partial charge in [0.2, 0.25) is 0 Å². The van der Waals surface area contributed by atoms with Gasteiger partial charge in [-0.05, 0) is 46.9 Å². The molecule has 0 N–H and O–H groups in total. The van der Waals surface area contributed by atoms with E-state index >= 15 is 0 Å². The van der Waals surface area contributed by atoms with Gasteiger partial charge in [-0.15, -0.1) is 0 Å². The Morgan fingerprint density at radius 1 is 0.700 bits per heavy atom. The van der Waals surface area contributed by atoms with Gasteiger partial charge in [-0.1, -0.05) is 86.4 Å². The Hall–Kier alpha value is -2.17. The molecule has 0 spiro atoms. The topological polar surface area (TPSA) is 34.1 Å². The fourth-order valence-corrected chi connectivity index (χ4v) is 13.3. The molecule has 3 aliphatic carbocycles. The molecular weight excluding hydrogens is 404 g/mol. The third kappa shape index (κ3) is 2.44. The zero-order valence-electron chi connectivity index (χ0n) is 18.0. The number of benzene rings is 3. The first kappa shape index (κ1) is 19.8. The summed E-state index contributed by atoms with van der Waals surface area (Å²) in [7, 11) is -5.48. The summed E-state index contributed by atoms with van der Waals surface area (Å²) in [5, 5.41) is 0. The quantitative estimate of drug-likeness (QED) is 0.461. The van der Waals surface area contributed by atoms with Crippen molar-refractivity contribution in [2.45, 2.75) is 53.6 Å². The molecule has 0 aliphatic heterocycles. The van der Waals surface area contributed by atoms with Gasteiger partial charge < -0.3 is 0 Å². The van der Waals surface area contributed by atoms with Crippen molar-refractivity contribution in [1.82, 2.24) is 0 Å². The molecule has 0 aromatic heterocycles. The molecule has 0 unspecified atom stereocenters. The zero-order valence-corrected chi connectivity index (χ0v) is 19.8. The SMILES string of the molecule is C[C@@]1(S(=O)(=O)c2ccccc2)C2c3ccccc3C(c3ccccc32)[C@@H]1[Si](C)(C)C. The van der Waals surface area contributed by atoms with Gasteiger partial charge >= 0.3 is 0 Å². The molecule has 0 radical (unpaired) electrons.